The lowest BCUT2D eigenvalue weighted by atomic mass is 10.2. The number of hydrogen-bond acceptors (Lipinski definition) is 4. The van der Waals surface area contributed by atoms with Crippen molar-refractivity contribution in [3.63, 3.8) is 0 Å². The van der Waals surface area contributed by atoms with Gasteiger partial charge in [0.2, 0.25) is 5.91 Å². The number of carbonyl (C=O) groups excluding carboxylic acids is 1. The molecule has 2 N–H and O–H groups in total. The Labute approximate surface area is 157 Å². The Balaban J connectivity index is 1.72. The molecule has 7 nitrogen and oxygen atoms in total. The summed E-state index contributed by atoms with van der Waals surface area (Å²) in [4.78, 5) is 24.0. The summed E-state index contributed by atoms with van der Waals surface area (Å²) >= 11 is 0. The summed E-state index contributed by atoms with van der Waals surface area (Å²) < 4.78 is 27.5. The molecule has 0 bridgehead atoms. The van der Waals surface area contributed by atoms with E-state index in [1.807, 2.05) is 0 Å². The Hall–Kier alpha value is -3.13. The highest BCUT2D eigenvalue weighted by atomic mass is 32.2. The van der Waals surface area contributed by atoms with Crippen LogP contribution in [-0.4, -0.2) is 31.9 Å². The average Bonchev–Trinajstić information content (AvgIpc) is 3.07. The van der Waals surface area contributed by atoms with Crippen LogP contribution in [0.15, 0.2) is 59.5 Å². The zero-order valence-corrected chi connectivity index (χ0v) is 15.1. The van der Waals surface area contributed by atoms with Crippen LogP contribution in [-0.2, 0) is 19.6 Å². The van der Waals surface area contributed by atoms with Gasteiger partial charge in [0.05, 0.1) is 4.90 Å². The summed E-state index contributed by atoms with van der Waals surface area (Å²) in [6.07, 6.45) is 3.72. The maximum atomic E-state index is 12.5. The molecule has 0 radical (unpaired) electrons. The monoisotopic (exact) mass is 386 g/mol. The van der Waals surface area contributed by atoms with Gasteiger partial charge in [0, 0.05) is 30.4 Å². The Morgan fingerprint density at radius 1 is 1.07 bits per heavy atom. The number of rotatable bonds is 6. The summed E-state index contributed by atoms with van der Waals surface area (Å²) in [6.45, 7) is 0.673. The number of anilines is 2. The highest BCUT2D eigenvalue weighted by Gasteiger charge is 2.21. The summed E-state index contributed by atoms with van der Waals surface area (Å²) in [5.74, 6) is -1.01. The molecule has 1 aliphatic heterocycles. The zero-order valence-electron chi connectivity index (χ0n) is 14.3. The van der Waals surface area contributed by atoms with Crippen LogP contribution in [0.25, 0.3) is 6.08 Å². The molecule has 0 aromatic heterocycles. The van der Waals surface area contributed by atoms with Crippen LogP contribution >= 0.6 is 0 Å². The fourth-order valence-electron chi connectivity index (χ4n) is 2.77. The van der Waals surface area contributed by atoms with Gasteiger partial charge >= 0.3 is 5.97 Å². The second-order valence-corrected chi connectivity index (χ2v) is 7.72. The molecule has 0 saturated carbocycles. The van der Waals surface area contributed by atoms with Crippen LogP contribution in [0.1, 0.15) is 18.4 Å². The molecule has 1 amide bonds. The number of sulfonamides is 1. The minimum atomic E-state index is -3.77. The van der Waals surface area contributed by atoms with Crippen molar-refractivity contribution in [1.82, 2.24) is 0 Å². The zero-order chi connectivity index (χ0) is 19.4. The molecule has 8 heteroatoms. The fraction of sp³-hybridized carbons (Fsp3) is 0.158. The highest BCUT2D eigenvalue weighted by Crippen LogP contribution is 2.24. The molecular weight excluding hydrogens is 368 g/mol. The number of carboxylic acid groups (broad SMARTS) is 1. The summed E-state index contributed by atoms with van der Waals surface area (Å²) in [5, 5.41) is 8.61. The number of amides is 1. The topological polar surface area (TPSA) is 104 Å². The first-order chi connectivity index (χ1) is 12.8. The average molecular weight is 386 g/mol. The lowest BCUT2D eigenvalue weighted by molar-refractivity contribution is -0.131. The van der Waals surface area contributed by atoms with Crippen LogP contribution in [0, 0.1) is 0 Å². The Morgan fingerprint density at radius 3 is 2.30 bits per heavy atom. The summed E-state index contributed by atoms with van der Waals surface area (Å²) in [6, 6.07) is 12.5. The number of benzene rings is 2. The van der Waals surface area contributed by atoms with Crippen molar-refractivity contribution >= 4 is 39.4 Å². The minimum Gasteiger partial charge on any atom is -0.478 e. The molecule has 140 valence electrons. The van der Waals surface area contributed by atoms with Crippen LogP contribution in [0.4, 0.5) is 11.4 Å². The summed E-state index contributed by atoms with van der Waals surface area (Å²) in [5.41, 5.74) is 1.71. The van der Waals surface area contributed by atoms with Gasteiger partial charge < -0.3 is 10.0 Å². The van der Waals surface area contributed by atoms with Gasteiger partial charge in [0.25, 0.3) is 10.0 Å². The molecule has 1 heterocycles. The minimum absolute atomic E-state index is 0.0637. The molecule has 0 spiro atoms. The molecule has 0 unspecified atom stereocenters. The molecule has 1 saturated heterocycles. The maximum Gasteiger partial charge on any atom is 0.328 e. The van der Waals surface area contributed by atoms with Gasteiger partial charge in [-0.15, -0.1) is 0 Å². The van der Waals surface area contributed by atoms with Crippen molar-refractivity contribution in [3.8, 4) is 0 Å². The molecule has 3 rings (SSSR count). The third-order valence-electron chi connectivity index (χ3n) is 4.11. The van der Waals surface area contributed by atoms with Crippen molar-refractivity contribution in [1.29, 1.82) is 0 Å². The van der Waals surface area contributed by atoms with E-state index >= 15 is 0 Å². The third kappa shape index (κ3) is 4.53. The molecule has 0 atom stereocenters. The van der Waals surface area contributed by atoms with E-state index in [-0.39, 0.29) is 10.8 Å². The van der Waals surface area contributed by atoms with Crippen molar-refractivity contribution in [2.24, 2.45) is 0 Å². The van der Waals surface area contributed by atoms with Gasteiger partial charge in [-0.1, -0.05) is 12.1 Å². The van der Waals surface area contributed by atoms with Crippen LogP contribution in [0.3, 0.4) is 0 Å². The van der Waals surface area contributed by atoms with E-state index in [0.29, 0.717) is 24.2 Å². The number of nitrogens with one attached hydrogen (secondary N) is 1. The van der Waals surface area contributed by atoms with Crippen LogP contribution in [0.2, 0.25) is 0 Å². The number of carbonyl (C=O) groups is 2. The molecule has 1 aliphatic rings. The lowest BCUT2D eigenvalue weighted by Crippen LogP contribution is -2.23. The van der Waals surface area contributed by atoms with E-state index in [1.165, 1.54) is 30.3 Å². The predicted octanol–water partition coefficient (Wildman–Crippen LogP) is 2.71. The van der Waals surface area contributed by atoms with Crippen molar-refractivity contribution < 1.29 is 23.1 Å². The first kappa shape index (κ1) is 18.7. The SMILES string of the molecule is O=C(O)C=Cc1ccc(S(=O)(=O)Nc2ccc(N3CCCC3=O)cc2)cc1. The lowest BCUT2D eigenvalue weighted by Gasteiger charge is -2.16. The van der Waals surface area contributed by atoms with Crippen molar-refractivity contribution in [2.45, 2.75) is 17.7 Å². The maximum absolute atomic E-state index is 12.5. The highest BCUT2D eigenvalue weighted by molar-refractivity contribution is 7.92. The van der Waals surface area contributed by atoms with Gasteiger partial charge in [-0.05, 0) is 54.5 Å². The Bertz CT molecular complexity index is 980. The van der Waals surface area contributed by atoms with Crippen LogP contribution in [0.5, 0.6) is 0 Å². The van der Waals surface area contributed by atoms with E-state index in [9.17, 15) is 18.0 Å². The van der Waals surface area contributed by atoms with E-state index in [0.717, 1.165) is 18.2 Å². The first-order valence-electron chi connectivity index (χ1n) is 8.29. The fourth-order valence-corrected chi connectivity index (χ4v) is 3.83. The van der Waals surface area contributed by atoms with Gasteiger partial charge in [0.1, 0.15) is 0 Å². The van der Waals surface area contributed by atoms with Crippen LogP contribution < -0.4 is 9.62 Å². The van der Waals surface area contributed by atoms with Gasteiger partial charge in [0.15, 0.2) is 0 Å². The quantitative estimate of drug-likeness (QED) is 0.743. The molecule has 0 aliphatic carbocycles. The molecule has 2 aromatic carbocycles. The summed E-state index contributed by atoms with van der Waals surface area (Å²) in [7, 11) is -3.77. The largest absolute Gasteiger partial charge is 0.478 e. The molecule has 1 fully saturated rings. The number of nitrogens with zero attached hydrogens (tertiary/aromatic N) is 1. The molecule has 27 heavy (non-hydrogen) atoms. The second kappa shape index (κ2) is 7.63. The normalized spacial score (nSPS) is 14.7. The third-order valence-corrected chi connectivity index (χ3v) is 5.51. The van der Waals surface area contributed by atoms with Gasteiger partial charge in [-0.2, -0.15) is 0 Å². The standard InChI is InChI=1S/C19H18N2O5S/c22-18-2-1-13-21(18)16-8-6-15(7-9-16)20-27(25,26)17-10-3-14(4-11-17)5-12-19(23)24/h3-12,20H,1-2,13H2,(H,23,24). The number of carboxylic acids is 1. The number of hydrogen-bond donors (Lipinski definition) is 2. The van der Waals surface area contributed by atoms with E-state index in [2.05, 4.69) is 4.72 Å². The Morgan fingerprint density at radius 2 is 1.74 bits per heavy atom. The molecular formula is C19H18N2O5S. The van der Waals surface area contributed by atoms with Crippen molar-refractivity contribution in [2.75, 3.05) is 16.2 Å². The van der Waals surface area contributed by atoms with Gasteiger partial charge in [-0.25, -0.2) is 13.2 Å². The van der Waals surface area contributed by atoms with E-state index < -0.39 is 16.0 Å². The smallest absolute Gasteiger partial charge is 0.328 e. The van der Waals surface area contributed by atoms with E-state index in [4.69, 9.17) is 5.11 Å². The van der Waals surface area contributed by atoms with E-state index in [1.54, 1.807) is 29.2 Å². The van der Waals surface area contributed by atoms with Gasteiger partial charge in [-0.3, -0.25) is 9.52 Å². The van der Waals surface area contributed by atoms with Crippen molar-refractivity contribution in [3.05, 3.63) is 60.2 Å². The first-order valence-corrected chi connectivity index (χ1v) is 9.78. The Kier molecular flexibility index (Phi) is 5.27. The predicted molar refractivity (Wildman–Crippen MR) is 102 cm³/mol. The second-order valence-electron chi connectivity index (χ2n) is 6.04. The molecule has 2 aromatic rings. The number of aliphatic carboxylic acids is 1.